The number of nitrogens with zero attached hydrogens (tertiary/aromatic N) is 2. The Kier molecular flexibility index (Phi) is 5.21. The van der Waals surface area contributed by atoms with Gasteiger partial charge >= 0.3 is 0 Å². The van der Waals surface area contributed by atoms with Crippen LogP contribution in [0.1, 0.15) is 81.5 Å². The van der Waals surface area contributed by atoms with Crippen LogP contribution in [0.25, 0.3) is 10.8 Å². The largest absolute Gasteiger partial charge is 0.327 e. The van der Waals surface area contributed by atoms with Crippen molar-refractivity contribution in [2.75, 3.05) is 4.90 Å². The van der Waals surface area contributed by atoms with Gasteiger partial charge in [0.05, 0.1) is 17.7 Å². The van der Waals surface area contributed by atoms with Crippen molar-refractivity contribution in [1.82, 2.24) is 0 Å². The molecule has 0 amide bonds. The van der Waals surface area contributed by atoms with Gasteiger partial charge in [0, 0.05) is 11.9 Å². The molecule has 0 saturated heterocycles. The molecular formula is C27H32N2. The highest BCUT2D eigenvalue weighted by Gasteiger charge is 2.22. The maximum Gasteiger partial charge on any atom is 0.0960 e. The topological polar surface area (TPSA) is 15.6 Å². The van der Waals surface area contributed by atoms with Crippen LogP contribution in [0.15, 0.2) is 53.5 Å². The van der Waals surface area contributed by atoms with E-state index in [1.807, 2.05) is 6.34 Å². The summed E-state index contributed by atoms with van der Waals surface area (Å²) in [6.45, 7) is 14.7. The van der Waals surface area contributed by atoms with Crippen LogP contribution in [0.5, 0.6) is 0 Å². The van der Waals surface area contributed by atoms with Crippen LogP contribution >= 0.6 is 0 Å². The molecule has 1 heterocycles. The van der Waals surface area contributed by atoms with Crippen molar-refractivity contribution >= 4 is 28.5 Å². The van der Waals surface area contributed by atoms with Gasteiger partial charge < -0.3 is 4.90 Å². The minimum Gasteiger partial charge on any atom is -0.327 e. The van der Waals surface area contributed by atoms with Gasteiger partial charge in [0.2, 0.25) is 0 Å². The number of aliphatic imine (C=N–C) groups is 1. The molecule has 0 fully saturated rings. The molecule has 150 valence electrons. The van der Waals surface area contributed by atoms with E-state index < -0.39 is 0 Å². The smallest absolute Gasteiger partial charge is 0.0960 e. The molecule has 29 heavy (non-hydrogen) atoms. The average molecular weight is 385 g/mol. The minimum atomic E-state index is 0.492. The van der Waals surface area contributed by atoms with Crippen molar-refractivity contribution in [1.29, 1.82) is 0 Å². The maximum atomic E-state index is 4.78. The van der Waals surface area contributed by atoms with Gasteiger partial charge in [0.15, 0.2) is 0 Å². The summed E-state index contributed by atoms with van der Waals surface area (Å²) in [7, 11) is 0. The van der Waals surface area contributed by atoms with Gasteiger partial charge in [-0.1, -0.05) is 77.9 Å². The van der Waals surface area contributed by atoms with Gasteiger partial charge in [0.25, 0.3) is 0 Å². The Hall–Kier alpha value is -2.61. The fraction of sp³-hybridized carbons (Fsp3) is 0.370. The number of hydrogen-bond donors (Lipinski definition) is 0. The van der Waals surface area contributed by atoms with Gasteiger partial charge in [-0.2, -0.15) is 0 Å². The SMILES string of the molecule is CC(C)c1cc(C(C)C)c(CN2C=Nc3cccc4cccc2c34)c(C(C)C)c1. The van der Waals surface area contributed by atoms with Gasteiger partial charge in [-0.25, -0.2) is 4.99 Å². The van der Waals surface area contributed by atoms with Gasteiger partial charge in [-0.3, -0.25) is 0 Å². The Bertz CT molecular complexity index is 1040. The number of benzene rings is 3. The van der Waals surface area contributed by atoms with Gasteiger partial charge in [0.1, 0.15) is 0 Å². The molecule has 0 aliphatic carbocycles. The van der Waals surface area contributed by atoms with E-state index in [0.717, 1.165) is 12.2 Å². The fourth-order valence-corrected chi connectivity index (χ4v) is 4.43. The van der Waals surface area contributed by atoms with Crippen LogP contribution in [0.3, 0.4) is 0 Å². The molecule has 0 aromatic heterocycles. The molecule has 0 unspecified atom stereocenters. The summed E-state index contributed by atoms with van der Waals surface area (Å²) in [5, 5.41) is 2.51. The second-order valence-electron chi connectivity index (χ2n) is 9.17. The predicted octanol–water partition coefficient (Wildman–Crippen LogP) is 7.89. The summed E-state index contributed by atoms with van der Waals surface area (Å²) in [6, 6.07) is 17.8. The lowest BCUT2D eigenvalue weighted by molar-refractivity contribution is 0.773. The standard InChI is InChI=1S/C27H32N2/c1-17(2)21-13-22(18(3)4)24(23(14-21)19(5)6)15-29-16-28-25-11-7-9-20-10-8-12-26(29)27(20)25/h7-14,16-19H,15H2,1-6H3. The first-order valence-electron chi connectivity index (χ1n) is 10.9. The highest BCUT2D eigenvalue weighted by molar-refractivity contribution is 6.09. The van der Waals surface area contributed by atoms with E-state index in [1.165, 1.54) is 38.7 Å². The molecule has 0 N–H and O–H groups in total. The van der Waals surface area contributed by atoms with Gasteiger partial charge in [-0.15, -0.1) is 0 Å². The van der Waals surface area contributed by atoms with E-state index >= 15 is 0 Å². The molecular weight excluding hydrogens is 352 g/mol. The lowest BCUT2D eigenvalue weighted by Crippen LogP contribution is -2.24. The monoisotopic (exact) mass is 384 g/mol. The van der Waals surface area contributed by atoms with E-state index in [1.54, 1.807) is 0 Å². The van der Waals surface area contributed by atoms with Crippen LogP contribution < -0.4 is 4.90 Å². The third-order valence-electron chi connectivity index (χ3n) is 6.09. The summed E-state index contributed by atoms with van der Waals surface area (Å²) in [5.41, 5.74) is 8.17. The van der Waals surface area contributed by atoms with Crippen LogP contribution in [0, 0.1) is 0 Å². The fourth-order valence-electron chi connectivity index (χ4n) is 4.43. The maximum absolute atomic E-state index is 4.78. The molecule has 1 aliphatic heterocycles. The van der Waals surface area contributed by atoms with E-state index in [4.69, 9.17) is 4.99 Å². The zero-order valence-electron chi connectivity index (χ0n) is 18.5. The zero-order chi connectivity index (χ0) is 20.7. The Balaban J connectivity index is 1.85. The summed E-state index contributed by atoms with van der Waals surface area (Å²) >= 11 is 0. The lowest BCUT2D eigenvalue weighted by Gasteiger charge is -2.30. The van der Waals surface area contributed by atoms with Crippen molar-refractivity contribution in [3.8, 4) is 0 Å². The van der Waals surface area contributed by atoms with Gasteiger partial charge in [-0.05, 0) is 57.5 Å². The van der Waals surface area contributed by atoms with E-state index in [9.17, 15) is 0 Å². The third kappa shape index (κ3) is 3.57. The number of anilines is 1. The highest BCUT2D eigenvalue weighted by atomic mass is 15.2. The molecule has 0 spiro atoms. The van der Waals surface area contributed by atoms with E-state index in [0.29, 0.717) is 17.8 Å². The first-order chi connectivity index (χ1) is 13.9. The molecule has 0 atom stereocenters. The first kappa shape index (κ1) is 19.7. The average Bonchev–Trinajstić information content (AvgIpc) is 2.69. The molecule has 2 heteroatoms. The summed E-state index contributed by atoms with van der Waals surface area (Å²) < 4.78 is 0. The van der Waals surface area contributed by atoms with Crippen LogP contribution in [0.4, 0.5) is 11.4 Å². The van der Waals surface area contributed by atoms with Crippen molar-refractivity contribution in [3.05, 3.63) is 70.8 Å². The van der Waals surface area contributed by atoms with Crippen molar-refractivity contribution < 1.29 is 0 Å². The molecule has 2 nitrogen and oxygen atoms in total. The number of rotatable bonds is 5. The Morgan fingerprint density at radius 2 is 1.41 bits per heavy atom. The first-order valence-corrected chi connectivity index (χ1v) is 10.9. The third-order valence-corrected chi connectivity index (χ3v) is 6.09. The summed E-state index contributed by atoms with van der Waals surface area (Å²) in [4.78, 5) is 7.12. The molecule has 4 rings (SSSR count). The van der Waals surface area contributed by atoms with Crippen molar-refractivity contribution in [3.63, 3.8) is 0 Å². The quantitative estimate of drug-likeness (QED) is 0.436. The predicted molar refractivity (Wildman–Crippen MR) is 127 cm³/mol. The molecule has 3 aromatic carbocycles. The minimum absolute atomic E-state index is 0.492. The molecule has 0 radical (unpaired) electrons. The molecule has 0 bridgehead atoms. The Morgan fingerprint density at radius 3 is 2.00 bits per heavy atom. The highest BCUT2D eigenvalue weighted by Crippen LogP contribution is 2.39. The Morgan fingerprint density at radius 1 is 0.793 bits per heavy atom. The second-order valence-corrected chi connectivity index (χ2v) is 9.17. The lowest BCUT2D eigenvalue weighted by atomic mass is 9.84. The Labute approximate surface area is 175 Å². The second kappa shape index (κ2) is 7.67. The van der Waals surface area contributed by atoms with E-state index in [-0.39, 0.29) is 0 Å². The summed E-state index contributed by atoms with van der Waals surface area (Å²) in [5.74, 6) is 1.52. The van der Waals surface area contributed by atoms with Crippen LogP contribution in [-0.2, 0) is 6.54 Å². The zero-order valence-corrected chi connectivity index (χ0v) is 18.5. The number of hydrogen-bond acceptors (Lipinski definition) is 2. The van der Waals surface area contributed by atoms with Crippen molar-refractivity contribution in [2.24, 2.45) is 4.99 Å². The molecule has 1 aliphatic rings. The summed E-state index contributed by atoms with van der Waals surface area (Å²) in [6.07, 6.45) is 2.02. The molecule has 0 saturated carbocycles. The molecule has 3 aromatic rings. The normalized spacial score (nSPS) is 13.3. The van der Waals surface area contributed by atoms with Crippen molar-refractivity contribution in [2.45, 2.75) is 65.8 Å². The van der Waals surface area contributed by atoms with Crippen LogP contribution in [-0.4, -0.2) is 6.34 Å². The van der Waals surface area contributed by atoms with Crippen LogP contribution in [0.2, 0.25) is 0 Å². The van der Waals surface area contributed by atoms with E-state index in [2.05, 4.69) is 95.0 Å².